The van der Waals surface area contributed by atoms with Gasteiger partial charge in [-0.3, -0.25) is 4.79 Å². The molecule has 0 radical (unpaired) electrons. The fraction of sp³-hybridized carbons (Fsp3) is 0.292. The van der Waals surface area contributed by atoms with Gasteiger partial charge < -0.3 is 20.9 Å². The molecule has 176 valence electrons. The number of carbonyl (C=O) groups is 1. The Morgan fingerprint density at radius 2 is 2.12 bits per heavy atom. The number of hydrogen-bond acceptors (Lipinski definition) is 6. The average Bonchev–Trinajstić information content (AvgIpc) is 3.17. The van der Waals surface area contributed by atoms with Gasteiger partial charge in [0.25, 0.3) is 5.91 Å². The standard InChI is InChI=1S/C24H23F2N5O3/c25-16-5-6-21(18(11-16)24(29)32)34-9-7-14-3-4-15(10-20(14)26)22-19(12-27)23(28)31(30-22)17-2-1-8-33-13-17/h3-6,10-11,17H,1-2,7-9,13,28H2,(H2,29,32). The lowest BCUT2D eigenvalue weighted by Crippen LogP contribution is -2.23. The van der Waals surface area contributed by atoms with E-state index in [1.165, 1.54) is 12.1 Å². The van der Waals surface area contributed by atoms with Crippen LogP contribution in [0.5, 0.6) is 5.75 Å². The smallest absolute Gasteiger partial charge is 0.252 e. The number of primary amides is 1. The highest BCUT2D eigenvalue weighted by molar-refractivity contribution is 5.95. The lowest BCUT2D eigenvalue weighted by Gasteiger charge is -2.23. The molecule has 0 aliphatic carbocycles. The van der Waals surface area contributed by atoms with E-state index in [1.54, 1.807) is 16.8 Å². The predicted octanol–water partition coefficient (Wildman–Crippen LogP) is 3.35. The summed E-state index contributed by atoms with van der Waals surface area (Å²) in [6.45, 7) is 1.17. The molecule has 2 aromatic carbocycles. The molecule has 1 aliphatic heterocycles. The minimum Gasteiger partial charge on any atom is -0.492 e. The van der Waals surface area contributed by atoms with Crippen LogP contribution in [0.2, 0.25) is 0 Å². The van der Waals surface area contributed by atoms with Gasteiger partial charge in [0, 0.05) is 18.6 Å². The van der Waals surface area contributed by atoms with Crippen LogP contribution < -0.4 is 16.2 Å². The van der Waals surface area contributed by atoms with Crippen LogP contribution >= 0.6 is 0 Å². The highest BCUT2D eigenvalue weighted by atomic mass is 19.1. The number of benzene rings is 2. The molecule has 3 aromatic rings. The summed E-state index contributed by atoms with van der Waals surface area (Å²) in [4.78, 5) is 11.5. The summed E-state index contributed by atoms with van der Waals surface area (Å²) in [7, 11) is 0. The molecule has 34 heavy (non-hydrogen) atoms. The Labute approximate surface area is 194 Å². The van der Waals surface area contributed by atoms with Crippen molar-refractivity contribution in [3.05, 3.63) is 64.7 Å². The minimum atomic E-state index is -0.822. The second kappa shape index (κ2) is 9.89. The van der Waals surface area contributed by atoms with Crippen molar-refractivity contribution in [3.8, 4) is 23.1 Å². The van der Waals surface area contributed by atoms with Crippen LogP contribution in [0, 0.1) is 23.0 Å². The third kappa shape index (κ3) is 4.70. The fourth-order valence-corrected chi connectivity index (χ4v) is 3.94. The first-order chi connectivity index (χ1) is 16.4. The van der Waals surface area contributed by atoms with Gasteiger partial charge in [0.15, 0.2) is 0 Å². The lowest BCUT2D eigenvalue weighted by atomic mass is 10.0. The van der Waals surface area contributed by atoms with E-state index in [0.717, 1.165) is 25.0 Å². The topological polar surface area (TPSA) is 129 Å². The van der Waals surface area contributed by atoms with Crippen molar-refractivity contribution in [3.63, 3.8) is 0 Å². The van der Waals surface area contributed by atoms with Crippen molar-refractivity contribution < 1.29 is 23.0 Å². The van der Waals surface area contributed by atoms with Gasteiger partial charge in [0.05, 0.1) is 24.8 Å². The molecule has 4 rings (SSSR count). The van der Waals surface area contributed by atoms with Gasteiger partial charge >= 0.3 is 0 Å². The molecule has 1 saturated heterocycles. The summed E-state index contributed by atoms with van der Waals surface area (Å²) in [6.07, 6.45) is 1.88. The molecule has 1 atom stereocenters. The summed E-state index contributed by atoms with van der Waals surface area (Å²) in [5.74, 6) is -1.59. The third-order valence-electron chi connectivity index (χ3n) is 5.70. The van der Waals surface area contributed by atoms with E-state index >= 15 is 0 Å². The number of carbonyl (C=O) groups excluding carboxylic acids is 1. The number of amides is 1. The van der Waals surface area contributed by atoms with Crippen LogP contribution in [0.25, 0.3) is 11.3 Å². The molecule has 0 bridgehead atoms. The van der Waals surface area contributed by atoms with Gasteiger partial charge in [-0.25, -0.2) is 13.5 Å². The van der Waals surface area contributed by atoms with E-state index in [1.807, 2.05) is 0 Å². The van der Waals surface area contributed by atoms with E-state index in [-0.39, 0.29) is 41.8 Å². The number of nitrogen functional groups attached to an aromatic ring is 1. The Hall–Kier alpha value is -3.97. The van der Waals surface area contributed by atoms with Crippen LogP contribution in [-0.2, 0) is 11.2 Å². The Morgan fingerprint density at radius 1 is 1.29 bits per heavy atom. The summed E-state index contributed by atoms with van der Waals surface area (Å²) in [6, 6.07) is 9.97. The summed E-state index contributed by atoms with van der Waals surface area (Å²) < 4.78 is 40.8. The van der Waals surface area contributed by atoms with Crippen molar-refractivity contribution in [1.29, 1.82) is 5.26 Å². The highest BCUT2D eigenvalue weighted by Gasteiger charge is 2.24. The number of nitrogens with zero attached hydrogens (tertiary/aromatic N) is 3. The SMILES string of the molecule is N#Cc1c(-c2ccc(CCOc3ccc(F)cc3C(N)=O)c(F)c2)nn(C2CCCOC2)c1N. The van der Waals surface area contributed by atoms with E-state index < -0.39 is 17.5 Å². The molecule has 1 aliphatic rings. The Bertz CT molecular complexity index is 1260. The predicted molar refractivity (Wildman–Crippen MR) is 120 cm³/mol. The van der Waals surface area contributed by atoms with Crippen LogP contribution in [0.3, 0.4) is 0 Å². The van der Waals surface area contributed by atoms with Crippen molar-refractivity contribution >= 4 is 11.7 Å². The maximum absolute atomic E-state index is 14.9. The molecular formula is C24H23F2N5O3. The Morgan fingerprint density at radius 3 is 2.79 bits per heavy atom. The number of anilines is 1. The molecule has 8 nitrogen and oxygen atoms in total. The first kappa shape index (κ1) is 23.2. The Balaban J connectivity index is 1.51. The maximum Gasteiger partial charge on any atom is 0.252 e. The van der Waals surface area contributed by atoms with Gasteiger partial charge in [-0.05, 0) is 42.7 Å². The molecular weight excluding hydrogens is 444 g/mol. The van der Waals surface area contributed by atoms with Gasteiger partial charge in [-0.2, -0.15) is 10.4 Å². The second-order valence-electron chi connectivity index (χ2n) is 7.95. The lowest BCUT2D eigenvalue weighted by molar-refractivity contribution is 0.0558. The van der Waals surface area contributed by atoms with Crippen molar-refractivity contribution in [1.82, 2.24) is 9.78 Å². The van der Waals surface area contributed by atoms with Crippen molar-refractivity contribution in [2.24, 2.45) is 5.73 Å². The zero-order valence-electron chi connectivity index (χ0n) is 18.3. The zero-order valence-corrected chi connectivity index (χ0v) is 18.3. The third-order valence-corrected chi connectivity index (χ3v) is 5.70. The van der Waals surface area contributed by atoms with Gasteiger partial charge in [-0.15, -0.1) is 0 Å². The summed E-state index contributed by atoms with van der Waals surface area (Å²) >= 11 is 0. The highest BCUT2D eigenvalue weighted by Crippen LogP contribution is 2.32. The zero-order chi connectivity index (χ0) is 24.2. The minimum absolute atomic E-state index is 0.0366. The van der Waals surface area contributed by atoms with Crippen LogP contribution in [0.15, 0.2) is 36.4 Å². The first-order valence-electron chi connectivity index (χ1n) is 10.8. The molecule has 2 heterocycles. The number of rotatable bonds is 7. The van der Waals surface area contributed by atoms with E-state index in [2.05, 4.69) is 11.2 Å². The maximum atomic E-state index is 14.9. The quantitative estimate of drug-likeness (QED) is 0.548. The van der Waals surface area contributed by atoms with E-state index in [9.17, 15) is 18.8 Å². The first-order valence-corrected chi connectivity index (χ1v) is 10.8. The molecule has 0 spiro atoms. The number of nitriles is 1. The molecule has 1 unspecified atom stereocenters. The Kier molecular flexibility index (Phi) is 6.75. The van der Waals surface area contributed by atoms with Gasteiger partial charge in [-0.1, -0.05) is 12.1 Å². The van der Waals surface area contributed by atoms with Crippen molar-refractivity contribution in [2.75, 3.05) is 25.6 Å². The average molecular weight is 467 g/mol. The summed E-state index contributed by atoms with van der Waals surface area (Å²) in [5, 5.41) is 14.1. The molecule has 10 heteroatoms. The molecule has 1 aromatic heterocycles. The molecule has 1 fully saturated rings. The summed E-state index contributed by atoms with van der Waals surface area (Å²) in [5.41, 5.74) is 12.6. The number of hydrogen-bond donors (Lipinski definition) is 2. The number of ether oxygens (including phenoxy) is 2. The van der Waals surface area contributed by atoms with Crippen LogP contribution in [0.1, 0.15) is 40.4 Å². The fourth-order valence-electron chi connectivity index (χ4n) is 3.94. The second-order valence-corrected chi connectivity index (χ2v) is 7.95. The number of aromatic nitrogens is 2. The molecule has 1 amide bonds. The van der Waals surface area contributed by atoms with E-state index in [4.69, 9.17) is 20.9 Å². The van der Waals surface area contributed by atoms with Gasteiger partial charge in [0.2, 0.25) is 0 Å². The normalized spacial score (nSPS) is 15.6. The number of halogens is 2. The largest absolute Gasteiger partial charge is 0.492 e. The molecule has 4 N–H and O–H groups in total. The van der Waals surface area contributed by atoms with Crippen LogP contribution in [-0.4, -0.2) is 35.5 Å². The monoisotopic (exact) mass is 467 g/mol. The van der Waals surface area contributed by atoms with Gasteiger partial charge in [0.1, 0.15) is 40.5 Å². The number of nitrogens with two attached hydrogens (primary N) is 2. The molecule has 0 saturated carbocycles. The van der Waals surface area contributed by atoms with E-state index in [0.29, 0.717) is 30.0 Å². The van der Waals surface area contributed by atoms with Crippen LogP contribution in [0.4, 0.5) is 14.6 Å². The van der Waals surface area contributed by atoms with Crippen molar-refractivity contribution in [2.45, 2.75) is 25.3 Å².